The van der Waals surface area contributed by atoms with Gasteiger partial charge in [0.05, 0.1) is 10.2 Å². The third kappa shape index (κ3) is 5.13. The number of anilines is 3. The molecule has 0 unspecified atom stereocenters. The van der Waals surface area contributed by atoms with Crippen LogP contribution in [0.1, 0.15) is 32.1 Å². The van der Waals surface area contributed by atoms with E-state index in [0.29, 0.717) is 16.5 Å². The van der Waals surface area contributed by atoms with E-state index in [1.54, 1.807) is 0 Å². The van der Waals surface area contributed by atoms with Crippen LogP contribution in [0.3, 0.4) is 0 Å². The molecule has 0 bridgehead atoms. The number of carbonyl (C=O) groups excluding carboxylic acids is 2. The van der Waals surface area contributed by atoms with Crippen molar-refractivity contribution in [1.29, 1.82) is 0 Å². The number of carbonyl (C=O) groups is 2. The van der Waals surface area contributed by atoms with Gasteiger partial charge in [0.25, 0.3) is 0 Å². The molecule has 1 aliphatic carbocycles. The molecule has 1 heterocycles. The lowest BCUT2D eigenvalue weighted by Crippen LogP contribution is -2.24. The highest BCUT2D eigenvalue weighted by Gasteiger charge is 2.22. The smallest absolute Gasteiger partial charge is 0.308 e. The molecule has 150 valence electrons. The van der Waals surface area contributed by atoms with E-state index < -0.39 is 0 Å². The zero-order chi connectivity index (χ0) is 20.2. The van der Waals surface area contributed by atoms with Crippen molar-refractivity contribution in [2.75, 3.05) is 16.0 Å². The summed E-state index contributed by atoms with van der Waals surface area (Å²) < 4.78 is 1.91. The number of rotatable bonds is 4. The van der Waals surface area contributed by atoms with E-state index in [2.05, 4.69) is 36.9 Å². The van der Waals surface area contributed by atoms with Crippen molar-refractivity contribution in [2.24, 2.45) is 5.92 Å². The molecule has 0 aliphatic heterocycles. The van der Waals surface area contributed by atoms with Crippen LogP contribution >= 0.6 is 27.3 Å². The number of amides is 3. The molecule has 0 saturated heterocycles. The Bertz CT molecular complexity index is 1030. The summed E-state index contributed by atoms with van der Waals surface area (Å²) in [6.07, 6.45) is 5.37. The van der Waals surface area contributed by atoms with Gasteiger partial charge in [0.15, 0.2) is 5.13 Å². The van der Waals surface area contributed by atoms with Crippen LogP contribution in [-0.2, 0) is 4.79 Å². The summed E-state index contributed by atoms with van der Waals surface area (Å²) in [7, 11) is 0. The second kappa shape index (κ2) is 8.92. The third-order valence-electron chi connectivity index (χ3n) is 4.95. The molecule has 3 N–H and O–H groups in total. The summed E-state index contributed by atoms with van der Waals surface area (Å²) in [5.74, 6) is 0.159. The van der Waals surface area contributed by atoms with Crippen molar-refractivity contribution in [3.8, 4) is 0 Å². The lowest BCUT2D eigenvalue weighted by molar-refractivity contribution is -0.120. The van der Waals surface area contributed by atoms with Gasteiger partial charge in [-0.2, -0.15) is 0 Å². The average molecular weight is 473 g/mol. The molecule has 3 aromatic rings. The first-order chi connectivity index (χ1) is 14.1. The molecule has 0 radical (unpaired) electrons. The van der Waals surface area contributed by atoms with Gasteiger partial charge in [0.2, 0.25) is 5.91 Å². The van der Waals surface area contributed by atoms with E-state index in [0.717, 1.165) is 40.4 Å². The molecule has 6 nitrogen and oxygen atoms in total. The monoisotopic (exact) mass is 472 g/mol. The van der Waals surface area contributed by atoms with Crippen molar-refractivity contribution < 1.29 is 9.59 Å². The molecule has 1 aromatic heterocycles. The molecule has 8 heteroatoms. The molecule has 1 aliphatic rings. The first-order valence-corrected chi connectivity index (χ1v) is 11.2. The Hall–Kier alpha value is -2.45. The Morgan fingerprint density at radius 3 is 2.38 bits per heavy atom. The van der Waals surface area contributed by atoms with Gasteiger partial charge < -0.3 is 16.0 Å². The van der Waals surface area contributed by atoms with Crippen LogP contribution < -0.4 is 16.0 Å². The van der Waals surface area contributed by atoms with E-state index in [-0.39, 0.29) is 17.9 Å². The van der Waals surface area contributed by atoms with Gasteiger partial charge in [-0.1, -0.05) is 46.5 Å². The summed E-state index contributed by atoms with van der Waals surface area (Å²) in [4.78, 5) is 29.2. The quantitative estimate of drug-likeness (QED) is 0.421. The van der Waals surface area contributed by atoms with Crippen LogP contribution in [0.4, 0.5) is 21.3 Å². The number of hydrogen-bond donors (Lipinski definition) is 3. The maximum atomic E-state index is 12.4. The van der Waals surface area contributed by atoms with E-state index in [4.69, 9.17) is 0 Å². The number of fused-ring (bicyclic) bond motifs is 1. The number of halogens is 1. The van der Waals surface area contributed by atoms with Crippen molar-refractivity contribution in [3.05, 3.63) is 46.9 Å². The molecule has 3 amide bonds. The van der Waals surface area contributed by atoms with Gasteiger partial charge in [-0.05, 0) is 55.3 Å². The number of nitrogens with one attached hydrogen (secondary N) is 3. The van der Waals surface area contributed by atoms with Gasteiger partial charge in [-0.25, -0.2) is 9.78 Å². The minimum Gasteiger partial charge on any atom is -0.308 e. The van der Waals surface area contributed by atoms with E-state index in [9.17, 15) is 9.59 Å². The maximum absolute atomic E-state index is 12.4. The normalized spacial score (nSPS) is 14.5. The van der Waals surface area contributed by atoms with Crippen molar-refractivity contribution in [3.63, 3.8) is 0 Å². The van der Waals surface area contributed by atoms with Crippen LogP contribution in [0.25, 0.3) is 10.2 Å². The molecule has 4 rings (SSSR count). The number of thiazole rings is 1. The van der Waals surface area contributed by atoms with Gasteiger partial charge >= 0.3 is 6.03 Å². The summed E-state index contributed by atoms with van der Waals surface area (Å²) in [6, 6.07) is 12.6. The lowest BCUT2D eigenvalue weighted by Gasteiger charge is -2.19. The maximum Gasteiger partial charge on any atom is 0.323 e. The van der Waals surface area contributed by atoms with Crippen LogP contribution in [0.2, 0.25) is 0 Å². The highest BCUT2D eigenvalue weighted by Crippen LogP contribution is 2.30. The van der Waals surface area contributed by atoms with E-state index in [1.807, 2.05) is 42.5 Å². The Morgan fingerprint density at radius 2 is 1.62 bits per heavy atom. The molecule has 0 atom stereocenters. The Kier molecular flexibility index (Phi) is 6.10. The molecule has 0 spiro atoms. The topological polar surface area (TPSA) is 83.1 Å². The minimum atomic E-state index is -0.326. The van der Waals surface area contributed by atoms with Gasteiger partial charge in [-0.15, -0.1) is 0 Å². The fraction of sp³-hybridized carbons (Fsp3) is 0.286. The van der Waals surface area contributed by atoms with Crippen LogP contribution in [0, 0.1) is 5.92 Å². The second-order valence-corrected chi connectivity index (χ2v) is 9.06. The van der Waals surface area contributed by atoms with Crippen molar-refractivity contribution >= 4 is 65.9 Å². The number of aromatic nitrogens is 1. The summed E-state index contributed by atoms with van der Waals surface area (Å²) in [5.41, 5.74) is 2.09. The van der Waals surface area contributed by atoms with Crippen molar-refractivity contribution in [1.82, 2.24) is 4.98 Å². The Morgan fingerprint density at radius 1 is 0.931 bits per heavy atom. The first-order valence-electron chi connectivity index (χ1n) is 9.62. The molecule has 29 heavy (non-hydrogen) atoms. The summed E-state index contributed by atoms with van der Waals surface area (Å²) in [5, 5.41) is 9.17. The number of hydrogen-bond acceptors (Lipinski definition) is 4. The lowest BCUT2D eigenvalue weighted by atomic mass is 9.89. The zero-order valence-corrected chi connectivity index (χ0v) is 18.1. The Balaban J connectivity index is 1.40. The fourth-order valence-electron chi connectivity index (χ4n) is 3.46. The van der Waals surface area contributed by atoms with Crippen LogP contribution in [0.5, 0.6) is 0 Å². The second-order valence-electron chi connectivity index (χ2n) is 7.11. The minimum absolute atomic E-state index is 0.0657. The predicted molar refractivity (Wildman–Crippen MR) is 122 cm³/mol. The van der Waals surface area contributed by atoms with E-state index in [1.165, 1.54) is 17.8 Å². The van der Waals surface area contributed by atoms with Gasteiger partial charge in [-0.3, -0.25) is 4.79 Å². The number of benzene rings is 2. The molecule has 1 saturated carbocycles. The standard InChI is InChI=1S/C21H21BrN4O2S/c22-14-6-8-15(9-7-14)23-20(28)24-16-10-11-18-17(12-16)25-21(29-18)26-19(27)13-4-2-1-3-5-13/h6-13H,1-5H2,(H2,23,24,28)(H,25,26,27). The summed E-state index contributed by atoms with van der Waals surface area (Å²) >= 11 is 4.81. The molecular weight excluding hydrogens is 452 g/mol. The average Bonchev–Trinajstić information content (AvgIpc) is 3.12. The van der Waals surface area contributed by atoms with Crippen LogP contribution in [-0.4, -0.2) is 16.9 Å². The first kappa shape index (κ1) is 19.8. The molecular formula is C21H21BrN4O2S. The highest BCUT2D eigenvalue weighted by atomic mass is 79.9. The summed E-state index contributed by atoms with van der Waals surface area (Å²) in [6.45, 7) is 0. The van der Waals surface area contributed by atoms with Gasteiger partial charge in [0, 0.05) is 21.8 Å². The van der Waals surface area contributed by atoms with Crippen molar-refractivity contribution in [2.45, 2.75) is 32.1 Å². The zero-order valence-electron chi connectivity index (χ0n) is 15.7. The number of urea groups is 1. The van der Waals surface area contributed by atoms with E-state index >= 15 is 0 Å². The largest absolute Gasteiger partial charge is 0.323 e. The highest BCUT2D eigenvalue weighted by molar-refractivity contribution is 9.10. The molecule has 1 fully saturated rings. The van der Waals surface area contributed by atoms with Crippen LogP contribution in [0.15, 0.2) is 46.9 Å². The van der Waals surface area contributed by atoms with Gasteiger partial charge in [0.1, 0.15) is 0 Å². The molecule has 2 aromatic carbocycles. The SMILES string of the molecule is O=C(Nc1ccc(Br)cc1)Nc1ccc2sc(NC(=O)C3CCCCC3)nc2c1. The fourth-order valence-corrected chi connectivity index (χ4v) is 4.57. The number of nitrogens with zero attached hydrogens (tertiary/aromatic N) is 1. The third-order valence-corrected chi connectivity index (χ3v) is 6.43. The predicted octanol–water partition coefficient (Wildman–Crippen LogP) is 6.22. The Labute approximate surface area is 181 Å².